The molecule has 31 heavy (non-hydrogen) atoms. The summed E-state index contributed by atoms with van der Waals surface area (Å²) in [5.41, 5.74) is 2.90. The first-order valence-electron chi connectivity index (χ1n) is 9.10. The first kappa shape index (κ1) is 23.2. The highest BCUT2D eigenvalue weighted by Gasteiger charge is 2.27. The van der Waals surface area contributed by atoms with E-state index in [4.69, 9.17) is 24.5 Å². The van der Waals surface area contributed by atoms with Crippen LogP contribution in [0.3, 0.4) is 0 Å². The van der Waals surface area contributed by atoms with E-state index in [1.165, 1.54) is 14.0 Å². The monoisotopic (exact) mass is 430 g/mol. The molecule has 0 saturated carbocycles. The highest BCUT2D eigenvalue weighted by molar-refractivity contribution is 5.97. The summed E-state index contributed by atoms with van der Waals surface area (Å²) >= 11 is 0. The van der Waals surface area contributed by atoms with E-state index in [1.807, 2.05) is 12.1 Å². The van der Waals surface area contributed by atoms with Crippen molar-refractivity contribution in [2.75, 3.05) is 24.4 Å². The zero-order chi connectivity index (χ0) is 23.0. The van der Waals surface area contributed by atoms with Gasteiger partial charge in [0.1, 0.15) is 0 Å². The highest BCUT2D eigenvalue weighted by Crippen LogP contribution is 2.41. The summed E-state index contributed by atoms with van der Waals surface area (Å²) in [6, 6.07) is 10.5. The van der Waals surface area contributed by atoms with Crippen molar-refractivity contribution in [3.05, 3.63) is 47.5 Å². The third-order valence-electron chi connectivity index (χ3n) is 4.35. The molecule has 10 heteroatoms. The second kappa shape index (κ2) is 10.6. The van der Waals surface area contributed by atoms with Crippen LogP contribution in [0.1, 0.15) is 30.4 Å². The fraction of sp³-hybridized carbons (Fsp3) is 0.238. The summed E-state index contributed by atoms with van der Waals surface area (Å²) in [7, 11) is 1.47. The minimum Gasteiger partial charge on any atom is -0.493 e. The molecule has 164 valence electrons. The Morgan fingerprint density at radius 2 is 1.94 bits per heavy atom. The second-order valence-corrected chi connectivity index (χ2v) is 6.49. The zero-order valence-corrected chi connectivity index (χ0v) is 16.9. The van der Waals surface area contributed by atoms with E-state index in [-0.39, 0.29) is 30.6 Å². The number of hydrogen-bond donors (Lipinski definition) is 4. The predicted molar refractivity (Wildman–Crippen MR) is 111 cm³/mol. The number of hydrogen-bond acceptors (Lipinski definition) is 6. The van der Waals surface area contributed by atoms with Gasteiger partial charge < -0.3 is 30.3 Å². The van der Waals surface area contributed by atoms with Crippen molar-refractivity contribution in [2.45, 2.75) is 19.3 Å². The van der Waals surface area contributed by atoms with E-state index < -0.39 is 12.6 Å². The molecule has 1 heterocycles. The van der Waals surface area contributed by atoms with Crippen molar-refractivity contribution < 1.29 is 38.9 Å². The number of nitrogens with one attached hydrogen (secondary N) is 2. The van der Waals surface area contributed by atoms with E-state index in [1.54, 1.807) is 24.3 Å². The van der Waals surface area contributed by atoms with Crippen LogP contribution in [0.15, 0.2) is 36.4 Å². The molecule has 1 aliphatic rings. The number of carbonyl (C=O) groups excluding carboxylic acids is 2. The van der Waals surface area contributed by atoms with Gasteiger partial charge in [-0.25, -0.2) is 4.79 Å². The topological polar surface area (TPSA) is 151 Å². The van der Waals surface area contributed by atoms with Crippen LogP contribution in [0.4, 0.5) is 11.4 Å². The van der Waals surface area contributed by atoms with Crippen molar-refractivity contribution in [2.24, 2.45) is 0 Å². The molecule has 1 atom stereocenters. The van der Waals surface area contributed by atoms with Crippen LogP contribution in [-0.2, 0) is 19.2 Å². The first-order chi connectivity index (χ1) is 14.8. The summed E-state index contributed by atoms with van der Waals surface area (Å²) in [4.78, 5) is 42.7. The number of ether oxygens (including phenoxy) is 2. The van der Waals surface area contributed by atoms with Crippen molar-refractivity contribution in [1.82, 2.24) is 0 Å². The first-order valence-corrected chi connectivity index (χ1v) is 9.10. The summed E-state index contributed by atoms with van der Waals surface area (Å²) in [5.74, 6) is -0.986. The number of carboxylic acids is 1. The van der Waals surface area contributed by atoms with E-state index in [0.717, 1.165) is 11.1 Å². The Morgan fingerprint density at radius 3 is 2.55 bits per heavy atom. The molecule has 0 spiro atoms. The molecule has 0 fully saturated rings. The fourth-order valence-electron chi connectivity index (χ4n) is 3.21. The summed E-state index contributed by atoms with van der Waals surface area (Å²) in [6.45, 7) is 0.665. The van der Waals surface area contributed by atoms with Crippen LogP contribution in [0.5, 0.6) is 11.5 Å². The Balaban J connectivity index is 0.00000107. The SMILES string of the molecule is COc1ccc(C2CC(=O)Nc3cc(NC(C)=O)ccc32)cc1OCC(=O)O.O=CO. The standard InChI is InChI=1S/C20H20N2O6.CH2O2/c1-11(23)21-13-4-5-14-15(9-19(24)22-16(14)8-13)12-3-6-17(27-2)18(7-12)28-10-20(25)26;2-1-3/h3-8,15H,9-10H2,1-2H3,(H,21,23)(H,22,24)(H,25,26);1H,(H,2,3). The number of benzene rings is 2. The van der Waals surface area contributed by atoms with Crippen LogP contribution in [0.25, 0.3) is 0 Å². The Morgan fingerprint density at radius 1 is 1.23 bits per heavy atom. The number of fused-ring (bicyclic) bond motifs is 1. The van der Waals surface area contributed by atoms with E-state index in [9.17, 15) is 14.4 Å². The van der Waals surface area contributed by atoms with Gasteiger partial charge in [0.15, 0.2) is 18.1 Å². The number of aliphatic carboxylic acids is 1. The van der Waals surface area contributed by atoms with Gasteiger partial charge in [0.05, 0.1) is 7.11 Å². The fourth-order valence-corrected chi connectivity index (χ4v) is 3.21. The average molecular weight is 430 g/mol. The van der Waals surface area contributed by atoms with Crippen molar-refractivity contribution >= 4 is 35.6 Å². The Kier molecular flexibility index (Phi) is 7.95. The minimum atomic E-state index is -1.10. The van der Waals surface area contributed by atoms with Crippen molar-refractivity contribution in [1.29, 1.82) is 0 Å². The highest BCUT2D eigenvalue weighted by atomic mass is 16.5. The van der Waals surface area contributed by atoms with E-state index in [2.05, 4.69) is 10.6 Å². The zero-order valence-electron chi connectivity index (χ0n) is 16.9. The lowest BCUT2D eigenvalue weighted by Crippen LogP contribution is -2.24. The quantitative estimate of drug-likeness (QED) is 0.510. The molecular weight excluding hydrogens is 408 g/mol. The second-order valence-electron chi connectivity index (χ2n) is 6.49. The van der Waals surface area contributed by atoms with Gasteiger partial charge in [-0.2, -0.15) is 0 Å². The van der Waals surface area contributed by atoms with Crippen LogP contribution in [-0.4, -0.2) is 48.2 Å². The maximum absolute atomic E-state index is 12.2. The average Bonchev–Trinajstić information content (AvgIpc) is 2.71. The van der Waals surface area contributed by atoms with E-state index >= 15 is 0 Å². The third kappa shape index (κ3) is 6.20. The summed E-state index contributed by atoms with van der Waals surface area (Å²) in [6.07, 6.45) is 0.233. The summed E-state index contributed by atoms with van der Waals surface area (Å²) < 4.78 is 10.6. The molecule has 0 radical (unpaired) electrons. The number of anilines is 2. The van der Waals surface area contributed by atoms with Crippen LogP contribution in [0.2, 0.25) is 0 Å². The van der Waals surface area contributed by atoms with Crippen molar-refractivity contribution in [3.8, 4) is 11.5 Å². The molecule has 2 amide bonds. The molecule has 1 aliphatic heterocycles. The molecular formula is C21H22N2O8. The van der Waals surface area contributed by atoms with Crippen LogP contribution < -0.4 is 20.1 Å². The molecule has 2 aromatic rings. The molecule has 3 rings (SSSR count). The number of methoxy groups -OCH3 is 1. The van der Waals surface area contributed by atoms with Gasteiger partial charge >= 0.3 is 5.97 Å². The molecule has 0 aliphatic carbocycles. The molecule has 1 unspecified atom stereocenters. The van der Waals surface area contributed by atoms with Gasteiger partial charge in [0, 0.05) is 30.6 Å². The summed E-state index contributed by atoms with van der Waals surface area (Å²) in [5, 5.41) is 21.3. The lowest BCUT2D eigenvalue weighted by atomic mass is 9.84. The van der Waals surface area contributed by atoms with Crippen LogP contribution >= 0.6 is 0 Å². The number of rotatable bonds is 6. The molecule has 0 saturated heterocycles. The van der Waals surface area contributed by atoms with Gasteiger partial charge in [-0.15, -0.1) is 0 Å². The molecule has 10 nitrogen and oxygen atoms in total. The van der Waals surface area contributed by atoms with Gasteiger partial charge in [-0.3, -0.25) is 14.4 Å². The maximum atomic E-state index is 12.2. The normalized spacial score (nSPS) is 14.1. The number of carboxylic acid groups (broad SMARTS) is 2. The smallest absolute Gasteiger partial charge is 0.341 e. The Bertz CT molecular complexity index is 989. The maximum Gasteiger partial charge on any atom is 0.341 e. The third-order valence-corrected chi connectivity index (χ3v) is 4.35. The van der Waals surface area contributed by atoms with Gasteiger partial charge in [0.25, 0.3) is 6.47 Å². The minimum absolute atomic E-state index is 0.152. The van der Waals surface area contributed by atoms with Gasteiger partial charge in [-0.05, 0) is 35.4 Å². The number of amides is 2. The molecule has 0 aromatic heterocycles. The lowest BCUT2D eigenvalue weighted by molar-refractivity contribution is -0.139. The molecule has 4 N–H and O–H groups in total. The van der Waals surface area contributed by atoms with Crippen LogP contribution in [0, 0.1) is 0 Å². The lowest BCUT2D eigenvalue weighted by Gasteiger charge is -2.27. The number of carbonyl (C=O) groups is 4. The Labute approximate surface area is 177 Å². The molecule has 0 bridgehead atoms. The van der Waals surface area contributed by atoms with Gasteiger partial charge in [0.2, 0.25) is 11.8 Å². The van der Waals surface area contributed by atoms with Crippen molar-refractivity contribution in [3.63, 3.8) is 0 Å². The largest absolute Gasteiger partial charge is 0.493 e. The van der Waals surface area contributed by atoms with E-state index in [0.29, 0.717) is 22.9 Å². The Hall–Kier alpha value is -4.08. The predicted octanol–water partition coefficient (Wildman–Crippen LogP) is 2.29. The van der Waals surface area contributed by atoms with Gasteiger partial charge in [-0.1, -0.05) is 12.1 Å². The molecule has 2 aromatic carbocycles.